The summed E-state index contributed by atoms with van der Waals surface area (Å²) in [6.45, 7) is 3.07. The lowest BCUT2D eigenvalue weighted by atomic mass is 10.1. The van der Waals surface area contributed by atoms with Crippen LogP contribution in [-0.4, -0.2) is 38.7 Å². The van der Waals surface area contributed by atoms with Crippen molar-refractivity contribution in [3.63, 3.8) is 0 Å². The number of ether oxygens (including phenoxy) is 2. The van der Waals surface area contributed by atoms with Gasteiger partial charge >= 0.3 is 0 Å². The molecule has 7 nitrogen and oxygen atoms in total. The highest BCUT2D eigenvalue weighted by Gasteiger charge is 2.22. The third kappa shape index (κ3) is 9.07. The zero-order valence-electron chi connectivity index (χ0n) is 19.0. The van der Waals surface area contributed by atoms with Crippen molar-refractivity contribution < 1.29 is 18.7 Å². The number of carbonyl (C=O) groups is 1. The molecule has 1 amide bonds. The maximum absolute atomic E-state index is 14.4. The molecular formula is C24H32FIN4O3. The van der Waals surface area contributed by atoms with E-state index in [-0.39, 0.29) is 42.4 Å². The van der Waals surface area contributed by atoms with Crippen molar-refractivity contribution in [3.05, 3.63) is 59.4 Å². The predicted molar refractivity (Wildman–Crippen MR) is 138 cm³/mol. The fourth-order valence-electron chi connectivity index (χ4n) is 3.11. The van der Waals surface area contributed by atoms with E-state index in [2.05, 4.69) is 15.6 Å². The second kappa shape index (κ2) is 13.2. The zero-order valence-corrected chi connectivity index (χ0v) is 21.3. The first-order valence-corrected chi connectivity index (χ1v) is 10.8. The summed E-state index contributed by atoms with van der Waals surface area (Å²) in [5, 5.41) is 6.55. The smallest absolute Gasteiger partial charge is 0.255 e. The van der Waals surface area contributed by atoms with Gasteiger partial charge in [0.25, 0.3) is 5.91 Å². The highest BCUT2D eigenvalue weighted by atomic mass is 127. The summed E-state index contributed by atoms with van der Waals surface area (Å²) in [5.74, 6) is 1.27. The van der Waals surface area contributed by atoms with E-state index in [0.29, 0.717) is 36.5 Å². The molecular weight excluding hydrogens is 538 g/mol. The molecule has 2 aromatic carbocycles. The molecule has 1 aliphatic carbocycles. The van der Waals surface area contributed by atoms with Gasteiger partial charge in [-0.05, 0) is 67.5 Å². The minimum atomic E-state index is -0.507. The molecule has 0 bridgehead atoms. The number of guanidine groups is 1. The van der Waals surface area contributed by atoms with E-state index in [0.717, 1.165) is 17.5 Å². The Morgan fingerprint density at radius 3 is 2.55 bits per heavy atom. The van der Waals surface area contributed by atoms with Gasteiger partial charge in [0.15, 0.2) is 24.1 Å². The molecule has 0 aromatic heterocycles. The molecule has 1 unspecified atom stereocenters. The summed E-state index contributed by atoms with van der Waals surface area (Å²) in [4.78, 5) is 15.0. The first-order chi connectivity index (χ1) is 15.4. The van der Waals surface area contributed by atoms with Gasteiger partial charge in [-0.15, -0.1) is 24.0 Å². The average Bonchev–Trinajstić information content (AvgIpc) is 3.61. The molecule has 0 heterocycles. The van der Waals surface area contributed by atoms with Crippen LogP contribution in [0.1, 0.15) is 36.9 Å². The summed E-state index contributed by atoms with van der Waals surface area (Å²) < 4.78 is 25.2. The van der Waals surface area contributed by atoms with Crippen LogP contribution < -0.4 is 25.8 Å². The molecule has 9 heteroatoms. The first kappa shape index (κ1) is 26.7. The Kier molecular flexibility index (Phi) is 10.7. The van der Waals surface area contributed by atoms with Crippen LogP contribution >= 0.6 is 24.0 Å². The van der Waals surface area contributed by atoms with Crippen molar-refractivity contribution >= 4 is 35.8 Å². The van der Waals surface area contributed by atoms with Crippen LogP contribution in [0.4, 0.5) is 4.39 Å². The fourth-order valence-corrected chi connectivity index (χ4v) is 3.11. The number of amides is 1. The van der Waals surface area contributed by atoms with Crippen molar-refractivity contribution in [3.8, 4) is 11.5 Å². The quantitative estimate of drug-likeness (QED) is 0.218. The van der Waals surface area contributed by atoms with E-state index in [1.165, 1.54) is 18.9 Å². The van der Waals surface area contributed by atoms with E-state index in [1.54, 1.807) is 25.2 Å². The molecule has 0 spiro atoms. The van der Waals surface area contributed by atoms with Crippen LogP contribution in [0.15, 0.2) is 47.5 Å². The number of primary amides is 1. The largest absolute Gasteiger partial charge is 0.490 e. The van der Waals surface area contributed by atoms with Crippen LogP contribution in [0, 0.1) is 11.7 Å². The summed E-state index contributed by atoms with van der Waals surface area (Å²) >= 11 is 0. The second-order valence-electron chi connectivity index (χ2n) is 7.96. The van der Waals surface area contributed by atoms with Gasteiger partial charge in [-0.3, -0.25) is 9.79 Å². The van der Waals surface area contributed by atoms with Crippen molar-refractivity contribution in [2.75, 3.05) is 26.8 Å². The number of nitrogens with one attached hydrogen (secondary N) is 2. The Labute approximate surface area is 211 Å². The molecule has 0 radical (unpaired) electrons. The van der Waals surface area contributed by atoms with Crippen LogP contribution in [-0.2, 0) is 11.2 Å². The molecule has 2 aromatic rings. The van der Waals surface area contributed by atoms with E-state index < -0.39 is 5.91 Å². The Morgan fingerprint density at radius 1 is 1.21 bits per heavy atom. The lowest BCUT2D eigenvalue weighted by molar-refractivity contribution is -0.119. The molecule has 0 aliphatic heterocycles. The molecule has 0 saturated heterocycles. The minimum Gasteiger partial charge on any atom is -0.490 e. The van der Waals surface area contributed by atoms with E-state index in [4.69, 9.17) is 15.2 Å². The number of rotatable bonds is 11. The van der Waals surface area contributed by atoms with Crippen LogP contribution in [0.3, 0.4) is 0 Å². The van der Waals surface area contributed by atoms with Gasteiger partial charge < -0.3 is 25.8 Å². The number of halogens is 2. The second-order valence-corrected chi connectivity index (χ2v) is 7.96. The number of nitrogens with zero attached hydrogens (tertiary/aromatic N) is 1. The monoisotopic (exact) mass is 570 g/mol. The molecule has 3 rings (SSSR count). The standard InChI is InChI=1S/C24H31FN4O3.HI/c1-16(19-7-10-22(21(25)13-19)32-14-18-3-4-18)29-24(27-2)28-12-11-17-5-8-20(9-6-17)31-15-23(26)30;/h5-10,13,16,18H,3-4,11-12,14-15H2,1-2H3,(H2,26,30)(H2,27,28,29);1H. The van der Waals surface area contributed by atoms with Gasteiger partial charge in [0.1, 0.15) is 5.75 Å². The van der Waals surface area contributed by atoms with Crippen LogP contribution in [0.2, 0.25) is 0 Å². The van der Waals surface area contributed by atoms with Crippen molar-refractivity contribution in [1.82, 2.24) is 10.6 Å². The van der Waals surface area contributed by atoms with E-state index in [1.807, 2.05) is 25.1 Å². The number of nitrogens with two attached hydrogens (primary N) is 1. The number of hydrogen-bond donors (Lipinski definition) is 3. The van der Waals surface area contributed by atoms with Gasteiger partial charge in [0.05, 0.1) is 12.6 Å². The first-order valence-electron chi connectivity index (χ1n) is 10.8. The number of carbonyl (C=O) groups excluding carboxylic acids is 1. The molecule has 1 saturated carbocycles. The van der Waals surface area contributed by atoms with Crippen LogP contribution in [0.25, 0.3) is 0 Å². The Hall–Kier alpha value is -2.56. The van der Waals surface area contributed by atoms with Crippen molar-refractivity contribution in [2.24, 2.45) is 16.6 Å². The SMILES string of the molecule is CN=C(NCCc1ccc(OCC(N)=O)cc1)NC(C)c1ccc(OCC2CC2)c(F)c1.I. The van der Waals surface area contributed by atoms with Crippen molar-refractivity contribution in [2.45, 2.75) is 32.2 Å². The lowest BCUT2D eigenvalue weighted by Gasteiger charge is -2.19. The lowest BCUT2D eigenvalue weighted by Crippen LogP contribution is -2.39. The van der Waals surface area contributed by atoms with Crippen molar-refractivity contribution in [1.29, 1.82) is 0 Å². The normalized spacial score (nSPS) is 14.1. The maximum Gasteiger partial charge on any atom is 0.255 e. The van der Waals surface area contributed by atoms with E-state index in [9.17, 15) is 9.18 Å². The number of hydrogen-bond acceptors (Lipinski definition) is 4. The molecule has 1 fully saturated rings. The molecule has 1 atom stereocenters. The zero-order chi connectivity index (χ0) is 22.9. The Morgan fingerprint density at radius 2 is 1.94 bits per heavy atom. The van der Waals surface area contributed by atoms with Gasteiger partial charge in [0.2, 0.25) is 0 Å². The Bertz CT molecular complexity index is 936. The summed E-state index contributed by atoms with van der Waals surface area (Å²) in [5.41, 5.74) is 7.00. The topological polar surface area (TPSA) is 98.0 Å². The molecule has 4 N–H and O–H groups in total. The fraction of sp³-hybridized carbons (Fsp3) is 0.417. The summed E-state index contributed by atoms with van der Waals surface area (Å²) in [6.07, 6.45) is 3.11. The number of benzene rings is 2. The predicted octanol–water partition coefficient (Wildman–Crippen LogP) is 3.57. The highest BCUT2D eigenvalue weighted by Crippen LogP contribution is 2.30. The average molecular weight is 570 g/mol. The molecule has 180 valence electrons. The summed E-state index contributed by atoms with van der Waals surface area (Å²) in [7, 11) is 1.70. The third-order valence-electron chi connectivity index (χ3n) is 5.21. The van der Waals surface area contributed by atoms with Crippen LogP contribution in [0.5, 0.6) is 11.5 Å². The number of aliphatic imine (C=N–C) groups is 1. The third-order valence-corrected chi connectivity index (χ3v) is 5.21. The van der Waals surface area contributed by atoms with Gasteiger partial charge in [-0.25, -0.2) is 4.39 Å². The van der Waals surface area contributed by atoms with Gasteiger partial charge in [0, 0.05) is 13.6 Å². The maximum atomic E-state index is 14.4. The molecule has 1 aliphatic rings. The highest BCUT2D eigenvalue weighted by molar-refractivity contribution is 14.0. The minimum absolute atomic E-state index is 0. The summed E-state index contributed by atoms with van der Waals surface area (Å²) in [6, 6.07) is 12.4. The van der Waals surface area contributed by atoms with E-state index >= 15 is 0 Å². The molecule has 33 heavy (non-hydrogen) atoms. The Balaban J connectivity index is 0.00000385. The van der Waals surface area contributed by atoms with Gasteiger partial charge in [-0.2, -0.15) is 0 Å². The van der Waals surface area contributed by atoms with Gasteiger partial charge in [-0.1, -0.05) is 18.2 Å².